The van der Waals surface area contributed by atoms with Crippen LogP contribution in [0, 0.1) is 12.7 Å². The average Bonchev–Trinajstić information content (AvgIpc) is 2.32. The molecule has 94 valence electrons. The number of nitrogens with one attached hydrogen (secondary N) is 1. The molecule has 1 heterocycles. The summed E-state index contributed by atoms with van der Waals surface area (Å²) in [6.07, 6.45) is 1.92. The molecule has 1 N–H and O–H groups in total. The molecular formula is C13H18FNOS. The summed E-state index contributed by atoms with van der Waals surface area (Å²) >= 11 is 0. The van der Waals surface area contributed by atoms with E-state index in [0.717, 1.165) is 35.5 Å². The topological polar surface area (TPSA) is 29.1 Å². The van der Waals surface area contributed by atoms with Gasteiger partial charge in [-0.2, -0.15) is 0 Å². The quantitative estimate of drug-likeness (QED) is 0.896. The molecule has 0 aromatic heterocycles. The monoisotopic (exact) mass is 255 g/mol. The summed E-state index contributed by atoms with van der Waals surface area (Å²) in [7, 11) is -0.617. The van der Waals surface area contributed by atoms with Crippen LogP contribution in [0.2, 0.25) is 0 Å². The Kier molecular flexibility index (Phi) is 4.29. The van der Waals surface area contributed by atoms with Crippen molar-refractivity contribution in [2.45, 2.75) is 32.4 Å². The van der Waals surface area contributed by atoms with E-state index in [-0.39, 0.29) is 5.82 Å². The Hall–Kier alpha value is -0.740. The molecule has 0 radical (unpaired) electrons. The van der Waals surface area contributed by atoms with E-state index < -0.39 is 10.8 Å². The minimum atomic E-state index is -0.617. The minimum Gasteiger partial charge on any atom is -0.310 e. The van der Waals surface area contributed by atoms with Crippen molar-refractivity contribution >= 4 is 10.8 Å². The van der Waals surface area contributed by atoms with Crippen molar-refractivity contribution in [3.05, 3.63) is 35.1 Å². The van der Waals surface area contributed by atoms with Crippen LogP contribution in [0.1, 0.15) is 24.0 Å². The SMILES string of the molecule is Cc1ccc(F)cc1CNC1CCS(=O)CC1. The smallest absolute Gasteiger partial charge is 0.123 e. The predicted molar refractivity (Wildman–Crippen MR) is 68.9 cm³/mol. The molecule has 0 bridgehead atoms. The van der Waals surface area contributed by atoms with E-state index in [1.54, 1.807) is 6.07 Å². The lowest BCUT2D eigenvalue weighted by Gasteiger charge is -2.23. The zero-order valence-corrected chi connectivity index (χ0v) is 10.9. The van der Waals surface area contributed by atoms with E-state index in [9.17, 15) is 8.60 Å². The van der Waals surface area contributed by atoms with Crippen molar-refractivity contribution in [1.82, 2.24) is 5.32 Å². The van der Waals surface area contributed by atoms with E-state index in [1.807, 2.05) is 13.0 Å². The van der Waals surface area contributed by atoms with Crippen LogP contribution in [0.4, 0.5) is 4.39 Å². The van der Waals surface area contributed by atoms with Crippen molar-refractivity contribution in [2.75, 3.05) is 11.5 Å². The molecule has 1 aromatic carbocycles. The highest BCUT2D eigenvalue weighted by Crippen LogP contribution is 2.13. The van der Waals surface area contributed by atoms with Gasteiger partial charge in [0.2, 0.25) is 0 Å². The molecule has 0 unspecified atom stereocenters. The van der Waals surface area contributed by atoms with Crippen LogP contribution in [0.15, 0.2) is 18.2 Å². The first kappa shape index (κ1) is 12.7. The predicted octanol–water partition coefficient (Wildman–Crippen LogP) is 2.13. The van der Waals surface area contributed by atoms with Crippen LogP contribution >= 0.6 is 0 Å². The second-order valence-electron chi connectivity index (χ2n) is 4.57. The standard InChI is InChI=1S/C13H18FNOS/c1-10-2-3-12(14)8-11(10)9-15-13-4-6-17(16)7-5-13/h2-3,8,13,15H,4-7,9H2,1H3. The van der Waals surface area contributed by atoms with E-state index in [0.29, 0.717) is 12.6 Å². The van der Waals surface area contributed by atoms with Gasteiger partial charge in [-0.05, 0) is 43.0 Å². The fraction of sp³-hybridized carbons (Fsp3) is 0.538. The maximum Gasteiger partial charge on any atom is 0.123 e. The first-order valence-corrected chi connectivity index (χ1v) is 7.47. The van der Waals surface area contributed by atoms with Gasteiger partial charge in [0.1, 0.15) is 5.82 Å². The second kappa shape index (κ2) is 5.74. The third-order valence-corrected chi connectivity index (χ3v) is 4.66. The van der Waals surface area contributed by atoms with Crippen LogP contribution in [-0.2, 0) is 17.3 Å². The lowest BCUT2D eigenvalue weighted by atomic mass is 10.1. The highest BCUT2D eigenvalue weighted by atomic mass is 32.2. The zero-order chi connectivity index (χ0) is 12.3. The molecule has 17 heavy (non-hydrogen) atoms. The fourth-order valence-corrected chi connectivity index (χ4v) is 3.38. The van der Waals surface area contributed by atoms with Crippen LogP contribution < -0.4 is 5.32 Å². The molecule has 1 aliphatic rings. The van der Waals surface area contributed by atoms with E-state index in [4.69, 9.17) is 0 Å². The van der Waals surface area contributed by atoms with Gasteiger partial charge in [0.15, 0.2) is 0 Å². The van der Waals surface area contributed by atoms with Gasteiger partial charge in [-0.15, -0.1) is 0 Å². The molecule has 0 saturated carbocycles. The fourth-order valence-electron chi connectivity index (χ4n) is 2.08. The Morgan fingerprint density at radius 1 is 1.41 bits per heavy atom. The number of benzene rings is 1. The Morgan fingerprint density at radius 2 is 2.12 bits per heavy atom. The molecule has 4 heteroatoms. The van der Waals surface area contributed by atoms with Gasteiger partial charge in [0, 0.05) is 34.9 Å². The molecule has 1 saturated heterocycles. The number of aryl methyl sites for hydroxylation is 1. The number of hydrogen-bond donors (Lipinski definition) is 1. The third kappa shape index (κ3) is 3.61. The normalized spacial score (nSPS) is 24.8. The first-order chi connectivity index (χ1) is 8.15. The highest BCUT2D eigenvalue weighted by molar-refractivity contribution is 7.85. The average molecular weight is 255 g/mol. The van der Waals surface area contributed by atoms with Crippen LogP contribution in [-0.4, -0.2) is 21.8 Å². The van der Waals surface area contributed by atoms with Gasteiger partial charge in [-0.3, -0.25) is 4.21 Å². The largest absolute Gasteiger partial charge is 0.310 e. The lowest BCUT2D eigenvalue weighted by Crippen LogP contribution is -2.35. The van der Waals surface area contributed by atoms with Gasteiger partial charge in [-0.1, -0.05) is 6.07 Å². The summed E-state index contributed by atoms with van der Waals surface area (Å²) in [6.45, 7) is 2.69. The highest BCUT2D eigenvalue weighted by Gasteiger charge is 2.17. The molecule has 1 fully saturated rings. The molecule has 1 aliphatic heterocycles. The summed E-state index contributed by atoms with van der Waals surface area (Å²) in [4.78, 5) is 0. The van der Waals surface area contributed by atoms with Crippen LogP contribution in [0.3, 0.4) is 0 Å². The number of rotatable bonds is 3. The maximum atomic E-state index is 13.1. The molecule has 2 rings (SSSR count). The van der Waals surface area contributed by atoms with E-state index in [2.05, 4.69) is 5.32 Å². The number of halogens is 1. The van der Waals surface area contributed by atoms with Gasteiger partial charge >= 0.3 is 0 Å². The summed E-state index contributed by atoms with van der Waals surface area (Å²) < 4.78 is 24.3. The van der Waals surface area contributed by atoms with Crippen LogP contribution in [0.5, 0.6) is 0 Å². The molecule has 0 amide bonds. The van der Waals surface area contributed by atoms with Crippen molar-refractivity contribution in [3.8, 4) is 0 Å². The Balaban J connectivity index is 1.89. The Morgan fingerprint density at radius 3 is 2.82 bits per heavy atom. The van der Waals surface area contributed by atoms with E-state index >= 15 is 0 Å². The zero-order valence-electron chi connectivity index (χ0n) is 10.0. The summed E-state index contributed by atoms with van der Waals surface area (Å²) in [6, 6.07) is 5.31. The summed E-state index contributed by atoms with van der Waals surface area (Å²) in [5.74, 6) is 1.40. The maximum absolute atomic E-state index is 13.1. The number of hydrogen-bond acceptors (Lipinski definition) is 2. The lowest BCUT2D eigenvalue weighted by molar-refractivity contribution is 0.474. The van der Waals surface area contributed by atoms with Crippen molar-refractivity contribution in [3.63, 3.8) is 0 Å². The van der Waals surface area contributed by atoms with E-state index in [1.165, 1.54) is 6.07 Å². The molecular weight excluding hydrogens is 237 g/mol. The Bertz CT molecular complexity index is 412. The molecule has 0 atom stereocenters. The third-order valence-electron chi connectivity index (χ3n) is 3.28. The minimum absolute atomic E-state index is 0.183. The molecule has 0 aliphatic carbocycles. The van der Waals surface area contributed by atoms with Gasteiger partial charge in [-0.25, -0.2) is 4.39 Å². The van der Waals surface area contributed by atoms with Crippen molar-refractivity contribution in [2.24, 2.45) is 0 Å². The van der Waals surface area contributed by atoms with Gasteiger partial charge in [0.25, 0.3) is 0 Å². The summed E-state index contributed by atoms with van der Waals surface area (Å²) in [5.41, 5.74) is 2.12. The molecule has 0 spiro atoms. The van der Waals surface area contributed by atoms with Crippen molar-refractivity contribution in [1.29, 1.82) is 0 Å². The molecule has 1 aromatic rings. The Labute approximate surface area is 104 Å². The second-order valence-corrected chi connectivity index (χ2v) is 6.27. The molecule has 2 nitrogen and oxygen atoms in total. The van der Waals surface area contributed by atoms with Crippen molar-refractivity contribution < 1.29 is 8.60 Å². The van der Waals surface area contributed by atoms with Crippen LogP contribution in [0.25, 0.3) is 0 Å². The van der Waals surface area contributed by atoms with Gasteiger partial charge < -0.3 is 5.32 Å². The first-order valence-electron chi connectivity index (χ1n) is 5.98. The summed E-state index contributed by atoms with van der Waals surface area (Å²) in [5, 5.41) is 3.43. The van der Waals surface area contributed by atoms with Gasteiger partial charge in [0.05, 0.1) is 0 Å².